The number of nitrogens with zero attached hydrogens (tertiary/aromatic N) is 1. The molecule has 0 aromatic heterocycles. The first-order valence-electron chi connectivity index (χ1n) is 7.21. The number of nitrogens with one attached hydrogen (secondary N) is 1. The lowest BCUT2D eigenvalue weighted by Crippen LogP contribution is -2.44. The Morgan fingerprint density at radius 2 is 1.95 bits per heavy atom. The van der Waals surface area contributed by atoms with Gasteiger partial charge in [-0.3, -0.25) is 9.69 Å². The van der Waals surface area contributed by atoms with Crippen LogP contribution in [0.1, 0.15) is 39.3 Å². The Morgan fingerprint density at radius 1 is 1.38 bits per heavy atom. The summed E-state index contributed by atoms with van der Waals surface area (Å²) in [6.45, 7) is 8.94. The largest absolute Gasteiger partial charge is 0.389 e. The van der Waals surface area contributed by atoms with E-state index in [0.29, 0.717) is 13.1 Å². The van der Waals surface area contributed by atoms with Crippen LogP contribution in [-0.4, -0.2) is 41.1 Å². The molecule has 4 nitrogen and oxygen atoms in total. The van der Waals surface area contributed by atoms with E-state index in [9.17, 15) is 9.90 Å². The summed E-state index contributed by atoms with van der Waals surface area (Å²) in [7, 11) is 0. The molecule has 1 aromatic rings. The van der Waals surface area contributed by atoms with Crippen molar-refractivity contribution in [2.45, 2.75) is 39.3 Å². The number of aliphatic hydroxyl groups is 1. The molecule has 1 aromatic carbocycles. The second-order valence-corrected chi connectivity index (χ2v) is 6.87. The Balaban J connectivity index is 2.53. The summed E-state index contributed by atoms with van der Waals surface area (Å²) >= 11 is 3.40. The van der Waals surface area contributed by atoms with E-state index in [4.69, 9.17) is 0 Å². The zero-order chi connectivity index (χ0) is 16.0. The number of rotatable bonds is 7. The second kappa shape index (κ2) is 7.92. The minimum Gasteiger partial charge on any atom is -0.389 e. The molecule has 1 unspecified atom stereocenters. The summed E-state index contributed by atoms with van der Waals surface area (Å²) in [6, 6.07) is 7.87. The Kier molecular flexibility index (Phi) is 6.84. The monoisotopic (exact) mass is 356 g/mol. The van der Waals surface area contributed by atoms with Crippen LogP contribution in [0.25, 0.3) is 0 Å². The van der Waals surface area contributed by atoms with Gasteiger partial charge in [0.15, 0.2) is 0 Å². The first kappa shape index (κ1) is 18.1. The summed E-state index contributed by atoms with van der Waals surface area (Å²) in [5.41, 5.74) is 0.269. The van der Waals surface area contributed by atoms with Crippen molar-refractivity contribution in [1.82, 2.24) is 10.2 Å². The molecule has 0 saturated heterocycles. The van der Waals surface area contributed by atoms with Crippen molar-refractivity contribution in [3.63, 3.8) is 0 Å². The van der Waals surface area contributed by atoms with Gasteiger partial charge in [-0.05, 0) is 45.0 Å². The Labute approximate surface area is 135 Å². The van der Waals surface area contributed by atoms with Crippen LogP contribution < -0.4 is 5.32 Å². The van der Waals surface area contributed by atoms with Crippen LogP contribution in [0.15, 0.2) is 28.7 Å². The van der Waals surface area contributed by atoms with Crippen LogP contribution in [-0.2, 0) is 4.79 Å². The highest BCUT2D eigenvalue weighted by Crippen LogP contribution is 2.16. The number of hydrogen-bond acceptors (Lipinski definition) is 3. The lowest BCUT2D eigenvalue weighted by Gasteiger charge is -2.27. The van der Waals surface area contributed by atoms with E-state index in [2.05, 4.69) is 21.2 Å². The third kappa shape index (κ3) is 7.07. The van der Waals surface area contributed by atoms with Crippen molar-refractivity contribution in [1.29, 1.82) is 0 Å². The standard InChI is InChI=1S/C16H25BrN2O2/c1-5-19(11-16(3,4)21)10-15(20)18-12(2)13-6-8-14(17)9-7-13/h6-9,12,21H,5,10-11H2,1-4H3,(H,18,20). The normalized spacial score (nSPS) is 13.3. The van der Waals surface area contributed by atoms with Crippen LogP contribution in [0.4, 0.5) is 0 Å². The predicted octanol–water partition coefficient (Wildman–Crippen LogP) is 2.72. The molecule has 118 valence electrons. The maximum absolute atomic E-state index is 12.1. The van der Waals surface area contributed by atoms with Gasteiger partial charge in [0.25, 0.3) is 0 Å². The number of carbonyl (C=O) groups is 1. The molecular weight excluding hydrogens is 332 g/mol. The molecule has 0 spiro atoms. The molecule has 2 N–H and O–H groups in total. The minimum atomic E-state index is -0.798. The summed E-state index contributed by atoms with van der Waals surface area (Å²) in [6.07, 6.45) is 0. The van der Waals surface area contributed by atoms with Crippen LogP contribution in [0.5, 0.6) is 0 Å². The summed E-state index contributed by atoms with van der Waals surface area (Å²) < 4.78 is 1.02. The van der Waals surface area contributed by atoms with E-state index < -0.39 is 5.60 Å². The molecule has 0 heterocycles. The minimum absolute atomic E-state index is 0.0310. The third-order valence-electron chi connectivity index (χ3n) is 3.17. The van der Waals surface area contributed by atoms with Crippen molar-refractivity contribution < 1.29 is 9.90 Å². The van der Waals surface area contributed by atoms with Gasteiger partial charge >= 0.3 is 0 Å². The lowest BCUT2D eigenvalue weighted by molar-refractivity contribution is -0.123. The van der Waals surface area contributed by atoms with Crippen LogP contribution in [0.3, 0.4) is 0 Å². The van der Waals surface area contributed by atoms with Crippen LogP contribution in [0.2, 0.25) is 0 Å². The number of carbonyl (C=O) groups excluding carboxylic acids is 1. The molecule has 0 bridgehead atoms. The number of hydrogen-bond donors (Lipinski definition) is 2. The zero-order valence-electron chi connectivity index (χ0n) is 13.2. The highest BCUT2D eigenvalue weighted by molar-refractivity contribution is 9.10. The average molecular weight is 357 g/mol. The van der Waals surface area contributed by atoms with E-state index in [0.717, 1.165) is 16.6 Å². The smallest absolute Gasteiger partial charge is 0.234 e. The average Bonchev–Trinajstić information content (AvgIpc) is 2.36. The molecule has 0 aliphatic heterocycles. The Hall–Kier alpha value is -0.910. The van der Waals surface area contributed by atoms with Gasteiger partial charge in [0, 0.05) is 11.0 Å². The van der Waals surface area contributed by atoms with E-state index in [1.807, 2.05) is 43.0 Å². The Bertz CT molecular complexity index is 454. The molecule has 1 rings (SSSR count). The van der Waals surface area contributed by atoms with Gasteiger partial charge in [0.05, 0.1) is 18.2 Å². The number of likely N-dealkylation sites (N-methyl/N-ethyl adjacent to an activating group) is 1. The maximum Gasteiger partial charge on any atom is 0.234 e. The zero-order valence-corrected chi connectivity index (χ0v) is 14.8. The highest BCUT2D eigenvalue weighted by atomic mass is 79.9. The quantitative estimate of drug-likeness (QED) is 0.789. The number of benzene rings is 1. The van der Waals surface area contributed by atoms with Crippen LogP contribution >= 0.6 is 15.9 Å². The topological polar surface area (TPSA) is 52.6 Å². The fraction of sp³-hybridized carbons (Fsp3) is 0.562. The number of halogens is 1. The molecule has 0 aliphatic rings. The maximum atomic E-state index is 12.1. The van der Waals surface area contributed by atoms with Crippen molar-refractivity contribution in [2.75, 3.05) is 19.6 Å². The molecule has 5 heteroatoms. The second-order valence-electron chi connectivity index (χ2n) is 5.96. The summed E-state index contributed by atoms with van der Waals surface area (Å²) in [4.78, 5) is 14.0. The fourth-order valence-corrected chi connectivity index (χ4v) is 2.42. The van der Waals surface area contributed by atoms with E-state index in [1.165, 1.54) is 0 Å². The molecule has 1 amide bonds. The van der Waals surface area contributed by atoms with Crippen LogP contribution in [0, 0.1) is 0 Å². The van der Waals surface area contributed by atoms with Gasteiger partial charge in [-0.2, -0.15) is 0 Å². The van der Waals surface area contributed by atoms with E-state index in [1.54, 1.807) is 13.8 Å². The first-order valence-corrected chi connectivity index (χ1v) is 8.00. The van der Waals surface area contributed by atoms with Gasteiger partial charge in [0.1, 0.15) is 0 Å². The van der Waals surface area contributed by atoms with Crippen molar-refractivity contribution >= 4 is 21.8 Å². The number of amides is 1. The van der Waals surface area contributed by atoms with E-state index in [-0.39, 0.29) is 11.9 Å². The fourth-order valence-electron chi connectivity index (χ4n) is 2.15. The van der Waals surface area contributed by atoms with Crippen molar-refractivity contribution in [2.24, 2.45) is 0 Å². The summed E-state index contributed by atoms with van der Waals surface area (Å²) in [5.74, 6) is -0.0310. The lowest BCUT2D eigenvalue weighted by atomic mass is 10.1. The molecule has 0 radical (unpaired) electrons. The van der Waals surface area contributed by atoms with Gasteiger partial charge in [-0.25, -0.2) is 0 Å². The van der Waals surface area contributed by atoms with E-state index >= 15 is 0 Å². The molecule has 0 aliphatic carbocycles. The molecule has 0 saturated carbocycles. The highest BCUT2D eigenvalue weighted by Gasteiger charge is 2.19. The van der Waals surface area contributed by atoms with Gasteiger partial charge in [-0.1, -0.05) is 35.0 Å². The molecule has 1 atom stereocenters. The third-order valence-corrected chi connectivity index (χ3v) is 3.70. The van der Waals surface area contributed by atoms with Gasteiger partial charge < -0.3 is 10.4 Å². The molecule has 0 fully saturated rings. The van der Waals surface area contributed by atoms with Gasteiger partial charge in [0.2, 0.25) is 5.91 Å². The van der Waals surface area contributed by atoms with Crippen molar-refractivity contribution in [3.8, 4) is 0 Å². The SMILES string of the molecule is CCN(CC(=O)NC(C)c1ccc(Br)cc1)CC(C)(C)O. The first-order chi connectivity index (χ1) is 9.71. The Morgan fingerprint density at radius 3 is 2.43 bits per heavy atom. The summed E-state index contributed by atoms with van der Waals surface area (Å²) in [5, 5.41) is 12.8. The predicted molar refractivity (Wildman–Crippen MR) is 89.1 cm³/mol. The molecular formula is C16H25BrN2O2. The van der Waals surface area contributed by atoms with Gasteiger partial charge in [-0.15, -0.1) is 0 Å². The van der Waals surface area contributed by atoms with Crippen molar-refractivity contribution in [3.05, 3.63) is 34.3 Å². The molecule has 21 heavy (non-hydrogen) atoms.